The SMILES string of the molecule is CC(=O)O[C@@H]1CC[C@]2(C)[C@H](CC[C@@]34C[C@H](CC[C@H]32)[C@H](C(=O)OC[C@@]2(O)C[C@@]35CC[C@@H]6C(C)(C)[C@H](OC(C)=O)CC[C@@]6(C)[C@@H]3CC[C@H]2C5)C4)C1(C)C. The van der Waals surface area contributed by atoms with E-state index in [9.17, 15) is 19.5 Å². The van der Waals surface area contributed by atoms with Crippen molar-refractivity contribution in [3.05, 3.63) is 0 Å². The molecule has 8 rings (SSSR count). The quantitative estimate of drug-likeness (QED) is 0.225. The molecule has 8 aliphatic carbocycles. The summed E-state index contributed by atoms with van der Waals surface area (Å²) in [5.41, 5.74) is -0.415. The summed E-state index contributed by atoms with van der Waals surface area (Å²) in [6.07, 6.45) is 16.7. The number of hydrogen-bond acceptors (Lipinski definition) is 7. The van der Waals surface area contributed by atoms with Crippen molar-refractivity contribution in [2.24, 2.45) is 73.9 Å². The normalized spacial score (nSPS) is 51.6. The first-order valence-corrected chi connectivity index (χ1v) is 21.0. The van der Waals surface area contributed by atoms with Crippen molar-refractivity contribution in [2.75, 3.05) is 6.61 Å². The third-order valence-corrected chi connectivity index (χ3v) is 18.8. The van der Waals surface area contributed by atoms with E-state index < -0.39 is 5.60 Å². The Morgan fingerprint density at radius 3 is 1.71 bits per heavy atom. The molecule has 4 bridgehead atoms. The highest BCUT2D eigenvalue weighted by molar-refractivity contribution is 5.73. The number of esters is 3. The summed E-state index contributed by atoms with van der Waals surface area (Å²) >= 11 is 0. The summed E-state index contributed by atoms with van der Waals surface area (Å²) < 4.78 is 18.1. The molecule has 0 amide bonds. The van der Waals surface area contributed by atoms with Crippen molar-refractivity contribution in [3.8, 4) is 0 Å². The van der Waals surface area contributed by atoms with E-state index in [-0.39, 0.29) is 81.0 Å². The van der Waals surface area contributed by atoms with E-state index in [0.717, 1.165) is 96.3 Å². The summed E-state index contributed by atoms with van der Waals surface area (Å²) in [5, 5.41) is 12.4. The van der Waals surface area contributed by atoms with Crippen LogP contribution in [0.15, 0.2) is 0 Å². The highest BCUT2D eigenvalue weighted by atomic mass is 16.6. The maximum atomic E-state index is 14.1. The van der Waals surface area contributed by atoms with Gasteiger partial charge in [-0.15, -0.1) is 0 Å². The van der Waals surface area contributed by atoms with Crippen molar-refractivity contribution < 1.29 is 33.7 Å². The van der Waals surface area contributed by atoms with Crippen LogP contribution >= 0.6 is 0 Å². The van der Waals surface area contributed by atoms with Gasteiger partial charge in [0, 0.05) is 24.7 Å². The standard InChI is InChI=1S/C44H68O7/c1-26(45)50-35-15-17-40(7)31(38(35,3)4)13-19-42-21-28(9-11-33(40)42)30(23-42)37(47)49-25-44(48)24-43-20-14-32-39(5,6)36(51-27(2)46)16-18-41(32,8)34(43)12-10-29(44)22-43/h28-36,48H,9-25H2,1-8H3/t28-,29-,30+,31+,32+,33-,34-,35+,36+,40+,41+,42-,43-,44-/m0/s1. The lowest BCUT2D eigenvalue weighted by atomic mass is 9.41. The zero-order valence-corrected chi connectivity index (χ0v) is 33.1. The Kier molecular flexibility index (Phi) is 8.33. The summed E-state index contributed by atoms with van der Waals surface area (Å²) in [7, 11) is 0. The average Bonchev–Trinajstić information content (AvgIpc) is 3.43. The van der Waals surface area contributed by atoms with Gasteiger partial charge < -0.3 is 19.3 Å². The van der Waals surface area contributed by atoms with Crippen LogP contribution in [0.25, 0.3) is 0 Å². The van der Waals surface area contributed by atoms with Gasteiger partial charge in [-0.1, -0.05) is 41.5 Å². The molecular formula is C44H68O7. The van der Waals surface area contributed by atoms with Gasteiger partial charge in [0.05, 0.1) is 5.92 Å². The molecule has 0 aliphatic heterocycles. The van der Waals surface area contributed by atoms with E-state index in [4.69, 9.17) is 14.2 Å². The van der Waals surface area contributed by atoms with Crippen LogP contribution < -0.4 is 0 Å². The Bertz CT molecular complexity index is 1450. The fraction of sp³-hybridized carbons (Fsp3) is 0.932. The minimum Gasteiger partial charge on any atom is -0.462 e. The van der Waals surface area contributed by atoms with E-state index in [0.29, 0.717) is 29.6 Å². The van der Waals surface area contributed by atoms with Crippen LogP contribution in [-0.2, 0) is 28.6 Å². The van der Waals surface area contributed by atoms with Gasteiger partial charge in [-0.05, 0) is 160 Å². The Hall–Kier alpha value is -1.63. The van der Waals surface area contributed by atoms with Crippen LogP contribution in [-0.4, -0.2) is 47.4 Å². The Morgan fingerprint density at radius 2 is 1.14 bits per heavy atom. The minimum absolute atomic E-state index is 0.0208. The van der Waals surface area contributed by atoms with Gasteiger partial charge in [-0.25, -0.2) is 0 Å². The van der Waals surface area contributed by atoms with Crippen molar-refractivity contribution in [1.29, 1.82) is 0 Å². The summed E-state index contributed by atoms with van der Waals surface area (Å²) in [4.78, 5) is 38.1. The maximum absolute atomic E-state index is 14.1. The fourth-order valence-electron chi connectivity index (χ4n) is 17.0. The lowest BCUT2D eigenvalue weighted by Gasteiger charge is -2.65. The minimum atomic E-state index is -0.940. The molecule has 8 aliphatic rings. The molecule has 1 N–H and O–H groups in total. The lowest BCUT2D eigenvalue weighted by Crippen LogP contribution is -2.59. The molecule has 0 aromatic heterocycles. The van der Waals surface area contributed by atoms with Crippen molar-refractivity contribution in [2.45, 2.75) is 176 Å². The third kappa shape index (κ3) is 5.20. The first kappa shape index (κ1) is 36.4. The molecule has 7 heteroatoms. The highest BCUT2D eigenvalue weighted by Crippen LogP contribution is 2.74. The van der Waals surface area contributed by atoms with Crippen LogP contribution in [0.4, 0.5) is 0 Å². The summed E-state index contributed by atoms with van der Waals surface area (Å²) in [5.74, 6) is 2.26. The predicted octanol–water partition coefficient (Wildman–Crippen LogP) is 8.83. The zero-order valence-electron chi connectivity index (χ0n) is 33.1. The molecule has 0 aromatic rings. The van der Waals surface area contributed by atoms with Gasteiger partial charge in [0.2, 0.25) is 0 Å². The molecular weight excluding hydrogens is 640 g/mol. The number of fused-ring (bicyclic) bond motifs is 6. The number of ether oxygens (including phenoxy) is 3. The van der Waals surface area contributed by atoms with Gasteiger partial charge in [-0.3, -0.25) is 14.4 Å². The van der Waals surface area contributed by atoms with Gasteiger partial charge in [0.1, 0.15) is 24.4 Å². The molecule has 8 saturated carbocycles. The average molecular weight is 709 g/mol. The van der Waals surface area contributed by atoms with Crippen LogP contribution in [0.5, 0.6) is 0 Å². The largest absolute Gasteiger partial charge is 0.462 e. The molecule has 14 atom stereocenters. The van der Waals surface area contributed by atoms with Gasteiger partial charge in [-0.2, -0.15) is 0 Å². The van der Waals surface area contributed by atoms with E-state index in [1.165, 1.54) is 13.3 Å². The van der Waals surface area contributed by atoms with Gasteiger partial charge in [0.25, 0.3) is 0 Å². The number of carbonyl (C=O) groups is 3. The van der Waals surface area contributed by atoms with E-state index in [2.05, 4.69) is 41.5 Å². The number of aliphatic hydroxyl groups is 1. The number of carbonyl (C=O) groups excluding carboxylic acids is 3. The topological polar surface area (TPSA) is 99.1 Å². The van der Waals surface area contributed by atoms with Gasteiger partial charge in [0.15, 0.2) is 0 Å². The first-order chi connectivity index (χ1) is 23.8. The molecule has 2 spiro atoms. The van der Waals surface area contributed by atoms with Crippen LogP contribution in [0.2, 0.25) is 0 Å². The molecule has 0 aromatic carbocycles. The molecule has 0 unspecified atom stereocenters. The maximum Gasteiger partial charge on any atom is 0.309 e. The number of hydrogen-bond donors (Lipinski definition) is 1. The second-order valence-corrected chi connectivity index (χ2v) is 21.7. The molecule has 0 saturated heterocycles. The summed E-state index contributed by atoms with van der Waals surface area (Å²) in [6, 6.07) is 0. The molecule has 286 valence electrons. The van der Waals surface area contributed by atoms with Gasteiger partial charge >= 0.3 is 17.9 Å². The van der Waals surface area contributed by atoms with E-state index >= 15 is 0 Å². The molecule has 0 radical (unpaired) electrons. The first-order valence-electron chi connectivity index (χ1n) is 21.0. The van der Waals surface area contributed by atoms with Crippen LogP contribution in [0.1, 0.15) is 158 Å². The second kappa shape index (κ2) is 11.7. The van der Waals surface area contributed by atoms with E-state index in [1.54, 1.807) is 6.92 Å². The van der Waals surface area contributed by atoms with E-state index in [1.807, 2.05) is 0 Å². The number of rotatable bonds is 5. The smallest absolute Gasteiger partial charge is 0.309 e. The Morgan fingerprint density at radius 1 is 0.608 bits per heavy atom. The summed E-state index contributed by atoms with van der Waals surface area (Å²) in [6.45, 7) is 17.6. The van der Waals surface area contributed by atoms with Crippen LogP contribution in [0.3, 0.4) is 0 Å². The van der Waals surface area contributed by atoms with Crippen molar-refractivity contribution in [1.82, 2.24) is 0 Å². The predicted molar refractivity (Wildman–Crippen MR) is 194 cm³/mol. The molecule has 7 nitrogen and oxygen atoms in total. The molecule has 8 fully saturated rings. The zero-order chi connectivity index (χ0) is 36.6. The molecule has 0 heterocycles. The molecule has 51 heavy (non-hydrogen) atoms. The van der Waals surface area contributed by atoms with Crippen LogP contribution in [0, 0.1) is 73.9 Å². The highest BCUT2D eigenvalue weighted by Gasteiger charge is 2.70. The third-order valence-electron chi connectivity index (χ3n) is 18.8. The lowest BCUT2D eigenvalue weighted by molar-refractivity contribution is -0.197. The fourth-order valence-corrected chi connectivity index (χ4v) is 17.0. The monoisotopic (exact) mass is 708 g/mol. The second-order valence-electron chi connectivity index (χ2n) is 21.7. The Balaban J connectivity index is 0.938. The van der Waals surface area contributed by atoms with Crippen molar-refractivity contribution in [3.63, 3.8) is 0 Å². The van der Waals surface area contributed by atoms with Crippen molar-refractivity contribution >= 4 is 17.9 Å². The Labute approximate surface area is 307 Å².